The van der Waals surface area contributed by atoms with Crippen molar-refractivity contribution in [1.29, 1.82) is 0 Å². The smallest absolute Gasteiger partial charge is 0.216 e. The summed E-state index contributed by atoms with van der Waals surface area (Å²) in [5.41, 5.74) is 8.61. The molecule has 0 fully saturated rings. The van der Waals surface area contributed by atoms with Crippen molar-refractivity contribution in [2.45, 2.75) is 19.9 Å². The molecule has 1 aromatic rings. The van der Waals surface area contributed by atoms with Gasteiger partial charge in [0.15, 0.2) is 0 Å². The molecule has 106 valence electrons. The maximum Gasteiger partial charge on any atom is 0.216 e. The molecule has 0 unspecified atom stereocenters. The van der Waals surface area contributed by atoms with E-state index in [1.54, 1.807) is 0 Å². The molecule has 1 aromatic carbocycles. The number of nitrogen functional groups attached to an aromatic ring is 1. The number of fused-ring (bicyclic) bond motifs is 1. The number of benzene rings is 1. The molecule has 1 aliphatic heterocycles. The van der Waals surface area contributed by atoms with Crippen LogP contribution in [0.3, 0.4) is 0 Å². The second-order valence-corrected chi connectivity index (χ2v) is 6.71. The molecule has 0 spiro atoms. The molecule has 1 aliphatic rings. The van der Waals surface area contributed by atoms with Crippen molar-refractivity contribution in [3.63, 3.8) is 0 Å². The molecule has 0 saturated heterocycles. The van der Waals surface area contributed by atoms with Gasteiger partial charge in [0.25, 0.3) is 0 Å². The van der Waals surface area contributed by atoms with E-state index >= 15 is 0 Å². The second-order valence-electron chi connectivity index (χ2n) is 4.62. The Morgan fingerprint density at radius 1 is 1.37 bits per heavy atom. The molecule has 0 radical (unpaired) electrons. The van der Waals surface area contributed by atoms with E-state index in [9.17, 15) is 8.42 Å². The van der Waals surface area contributed by atoms with E-state index in [1.165, 1.54) is 9.87 Å². The van der Waals surface area contributed by atoms with Crippen LogP contribution in [0.15, 0.2) is 18.2 Å². The summed E-state index contributed by atoms with van der Waals surface area (Å²) >= 11 is 0. The maximum atomic E-state index is 12.2. The molecule has 2 N–H and O–H groups in total. The van der Waals surface area contributed by atoms with Gasteiger partial charge in [-0.25, -0.2) is 8.42 Å². The predicted molar refractivity (Wildman–Crippen MR) is 75.2 cm³/mol. The SMILES string of the molecule is CCOCCS(=O)(=O)N1CCc2ccc(N)cc2C1. The number of hydrogen-bond acceptors (Lipinski definition) is 4. The molecule has 1 heterocycles. The van der Waals surface area contributed by atoms with Crippen LogP contribution in [-0.2, 0) is 27.7 Å². The Morgan fingerprint density at radius 3 is 2.89 bits per heavy atom. The Hall–Kier alpha value is -1.11. The van der Waals surface area contributed by atoms with Crippen molar-refractivity contribution < 1.29 is 13.2 Å². The van der Waals surface area contributed by atoms with Crippen LogP contribution >= 0.6 is 0 Å². The number of nitrogens with two attached hydrogens (primary N) is 1. The van der Waals surface area contributed by atoms with Gasteiger partial charge in [0.1, 0.15) is 0 Å². The number of ether oxygens (including phenoxy) is 1. The van der Waals surface area contributed by atoms with Crippen molar-refractivity contribution in [2.24, 2.45) is 0 Å². The molecule has 0 saturated carbocycles. The highest BCUT2D eigenvalue weighted by atomic mass is 32.2. The normalized spacial score (nSPS) is 16.3. The van der Waals surface area contributed by atoms with Crippen LogP contribution in [0.5, 0.6) is 0 Å². The molecular weight excluding hydrogens is 264 g/mol. The van der Waals surface area contributed by atoms with Crippen molar-refractivity contribution in [3.8, 4) is 0 Å². The number of anilines is 1. The Balaban J connectivity index is 2.08. The van der Waals surface area contributed by atoms with Gasteiger partial charge in [-0.2, -0.15) is 4.31 Å². The fraction of sp³-hybridized carbons (Fsp3) is 0.538. The van der Waals surface area contributed by atoms with Crippen LogP contribution in [0.25, 0.3) is 0 Å². The van der Waals surface area contributed by atoms with Gasteiger partial charge in [-0.15, -0.1) is 0 Å². The number of sulfonamides is 1. The molecule has 6 heteroatoms. The zero-order chi connectivity index (χ0) is 13.9. The van der Waals surface area contributed by atoms with Crippen LogP contribution in [0.1, 0.15) is 18.1 Å². The topological polar surface area (TPSA) is 72.6 Å². The van der Waals surface area contributed by atoms with E-state index in [-0.39, 0.29) is 12.4 Å². The molecule has 2 rings (SSSR count). The number of nitrogens with zero attached hydrogens (tertiary/aromatic N) is 1. The average Bonchev–Trinajstić information content (AvgIpc) is 2.38. The van der Waals surface area contributed by atoms with Crippen molar-refractivity contribution >= 4 is 15.7 Å². The minimum atomic E-state index is -3.24. The van der Waals surface area contributed by atoms with E-state index in [4.69, 9.17) is 10.5 Å². The van der Waals surface area contributed by atoms with Gasteiger partial charge in [-0.1, -0.05) is 6.07 Å². The van der Waals surface area contributed by atoms with Gasteiger partial charge in [0.2, 0.25) is 10.0 Å². The highest BCUT2D eigenvalue weighted by Crippen LogP contribution is 2.23. The zero-order valence-electron chi connectivity index (χ0n) is 11.1. The lowest BCUT2D eigenvalue weighted by molar-refractivity contribution is 0.162. The van der Waals surface area contributed by atoms with Crippen LogP contribution in [-0.4, -0.2) is 38.2 Å². The summed E-state index contributed by atoms with van der Waals surface area (Å²) in [6.45, 7) is 3.58. The summed E-state index contributed by atoms with van der Waals surface area (Å²) < 4.78 is 31.0. The lowest BCUT2D eigenvalue weighted by atomic mass is 10.0. The summed E-state index contributed by atoms with van der Waals surface area (Å²) in [7, 11) is -3.24. The average molecular weight is 284 g/mol. The van der Waals surface area contributed by atoms with Crippen molar-refractivity contribution in [2.75, 3.05) is 31.2 Å². The fourth-order valence-corrected chi connectivity index (χ4v) is 3.52. The summed E-state index contributed by atoms with van der Waals surface area (Å²) in [5.74, 6) is 0.0402. The summed E-state index contributed by atoms with van der Waals surface area (Å²) in [4.78, 5) is 0. The first-order chi connectivity index (χ1) is 9.03. The van der Waals surface area contributed by atoms with Gasteiger partial charge in [-0.3, -0.25) is 0 Å². The first-order valence-electron chi connectivity index (χ1n) is 6.46. The van der Waals surface area contributed by atoms with Crippen LogP contribution < -0.4 is 5.73 Å². The molecule has 0 atom stereocenters. The van der Waals surface area contributed by atoms with Gasteiger partial charge in [-0.05, 0) is 36.6 Å². The van der Waals surface area contributed by atoms with Crippen LogP contribution in [0.4, 0.5) is 5.69 Å². The van der Waals surface area contributed by atoms with Crippen molar-refractivity contribution in [1.82, 2.24) is 4.31 Å². The molecule has 0 aliphatic carbocycles. The molecular formula is C13H20N2O3S. The third kappa shape index (κ3) is 3.46. The van der Waals surface area contributed by atoms with Gasteiger partial charge in [0.05, 0.1) is 12.4 Å². The molecule has 19 heavy (non-hydrogen) atoms. The molecule has 0 aromatic heterocycles. The minimum absolute atomic E-state index is 0.0402. The van der Waals surface area contributed by atoms with E-state index in [1.807, 2.05) is 25.1 Å². The third-order valence-electron chi connectivity index (χ3n) is 3.29. The lowest BCUT2D eigenvalue weighted by Crippen LogP contribution is -2.38. The van der Waals surface area contributed by atoms with Gasteiger partial charge < -0.3 is 10.5 Å². The summed E-state index contributed by atoms with van der Waals surface area (Å²) in [5, 5.41) is 0. The minimum Gasteiger partial charge on any atom is -0.399 e. The first-order valence-corrected chi connectivity index (χ1v) is 8.06. The Bertz CT molecular complexity index is 543. The molecule has 5 nitrogen and oxygen atoms in total. The standard InChI is InChI=1S/C13H20N2O3S/c1-2-18-7-8-19(16,17)15-6-5-11-3-4-13(14)9-12(11)10-15/h3-4,9H,2,5-8,10,14H2,1H3. The Labute approximate surface area is 114 Å². The van der Waals surface area contributed by atoms with E-state index in [0.29, 0.717) is 25.4 Å². The summed E-state index contributed by atoms with van der Waals surface area (Å²) in [6, 6.07) is 5.70. The van der Waals surface area contributed by atoms with E-state index in [0.717, 1.165) is 12.0 Å². The highest BCUT2D eigenvalue weighted by Gasteiger charge is 2.26. The van der Waals surface area contributed by atoms with E-state index < -0.39 is 10.0 Å². The Morgan fingerprint density at radius 2 is 2.16 bits per heavy atom. The van der Waals surface area contributed by atoms with Crippen LogP contribution in [0, 0.1) is 0 Å². The fourth-order valence-electron chi connectivity index (χ4n) is 2.23. The van der Waals surface area contributed by atoms with Gasteiger partial charge >= 0.3 is 0 Å². The van der Waals surface area contributed by atoms with Gasteiger partial charge in [0, 0.05) is 25.4 Å². The van der Waals surface area contributed by atoms with Crippen LogP contribution in [0.2, 0.25) is 0 Å². The zero-order valence-corrected chi connectivity index (χ0v) is 11.9. The largest absolute Gasteiger partial charge is 0.399 e. The summed E-state index contributed by atoms with van der Waals surface area (Å²) in [6.07, 6.45) is 0.740. The monoisotopic (exact) mass is 284 g/mol. The molecule has 0 bridgehead atoms. The maximum absolute atomic E-state index is 12.2. The first kappa shape index (κ1) is 14.3. The third-order valence-corrected chi connectivity index (χ3v) is 5.07. The van der Waals surface area contributed by atoms with Crippen molar-refractivity contribution in [3.05, 3.63) is 29.3 Å². The lowest BCUT2D eigenvalue weighted by Gasteiger charge is -2.28. The number of rotatable bonds is 5. The number of hydrogen-bond donors (Lipinski definition) is 1. The highest BCUT2D eigenvalue weighted by molar-refractivity contribution is 7.89. The second kappa shape index (κ2) is 5.90. The quantitative estimate of drug-likeness (QED) is 0.646. The molecule has 0 amide bonds. The predicted octanol–water partition coefficient (Wildman–Crippen LogP) is 0.993. The van der Waals surface area contributed by atoms with E-state index in [2.05, 4.69) is 0 Å². The Kier molecular flexibility index (Phi) is 4.44.